The molecule has 0 bridgehead atoms. The minimum atomic E-state index is -1.03. The first kappa shape index (κ1) is 41.8. The van der Waals surface area contributed by atoms with Crippen molar-refractivity contribution in [1.29, 1.82) is 0 Å². The molecule has 6 amide bonds. The second-order valence-electron chi connectivity index (χ2n) is 17.0. The van der Waals surface area contributed by atoms with Crippen LogP contribution in [0.1, 0.15) is 114 Å². The zero-order valence-electron chi connectivity index (χ0n) is 32.4. The number of rotatable bonds is 16. The van der Waals surface area contributed by atoms with Crippen LogP contribution in [0.2, 0.25) is 0 Å². The van der Waals surface area contributed by atoms with Gasteiger partial charge in [-0.25, -0.2) is 9.59 Å². The summed E-state index contributed by atoms with van der Waals surface area (Å²) in [7, 11) is 0. The predicted octanol–water partition coefficient (Wildman–Crippen LogP) is 4.20. The monoisotopic (exact) mass is 716 g/mol. The predicted molar refractivity (Wildman–Crippen MR) is 195 cm³/mol. The third-order valence-electron chi connectivity index (χ3n) is 11.2. The Bertz CT molecular complexity index is 1300. The second kappa shape index (κ2) is 17.3. The number of nitrogens with one attached hydrogen (secondary N) is 5. The first-order valence-electron chi connectivity index (χ1n) is 18.8. The van der Waals surface area contributed by atoms with Crippen molar-refractivity contribution in [2.45, 2.75) is 144 Å². The van der Waals surface area contributed by atoms with Crippen LogP contribution >= 0.6 is 0 Å². The zero-order chi connectivity index (χ0) is 38.3. The van der Waals surface area contributed by atoms with E-state index in [1.54, 1.807) is 4.90 Å². The fourth-order valence-electron chi connectivity index (χ4n) is 7.78. The molecule has 0 aromatic carbocycles. The molecular weight excluding hydrogens is 652 g/mol. The van der Waals surface area contributed by atoms with Gasteiger partial charge >= 0.3 is 12.1 Å². The molecule has 4 unspecified atom stereocenters. The summed E-state index contributed by atoms with van der Waals surface area (Å²) in [6.45, 7) is 21.5. The van der Waals surface area contributed by atoms with Gasteiger partial charge in [0.25, 0.3) is 5.91 Å². The largest absolute Gasteiger partial charge is 0.447 e. The van der Waals surface area contributed by atoms with Crippen LogP contribution in [0.5, 0.6) is 0 Å². The molecule has 1 saturated heterocycles. The number of hydrogen-bond donors (Lipinski definition) is 5. The van der Waals surface area contributed by atoms with Crippen molar-refractivity contribution in [3.8, 4) is 0 Å². The summed E-state index contributed by atoms with van der Waals surface area (Å²) < 4.78 is 5.43. The quantitative estimate of drug-likeness (QED) is 0.118. The van der Waals surface area contributed by atoms with E-state index in [0.717, 1.165) is 38.5 Å². The van der Waals surface area contributed by atoms with Gasteiger partial charge in [-0.2, -0.15) is 0 Å². The van der Waals surface area contributed by atoms with Crippen molar-refractivity contribution >= 4 is 35.6 Å². The van der Waals surface area contributed by atoms with E-state index >= 15 is 0 Å². The van der Waals surface area contributed by atoms with Gasteiger partial charge in [0.2, 0.25) is 17.6 Å². The Kier molecular flexibility index (Phi) is 14.1. The normalized spacial score (nSPS) is 23.5. The number of carbonyl (C=O) groups is 6. The molecule has 288 valence electrons. The second-order valence-corrected chi connectivity index (χ2v) is 17.0. The number of Topliss-reactive ketones (excluding diaryl/α,β-unsaturated/α-hetero) is 1. The molecule has 3 fully saturated rings. The highest BCUT2D eigenvalue weighted by Gasteiger charge is 2.70. The summed E-state index contributed by atoms with van der Waals surface area (Å²) in [4.78, 5) is 82.4. The molecular formula is C38H64N6O7. The van der Waals surface area contributed by atoms with Gasteiger partial charge in [-0.05, 0) is 61.2 Å². The Morgan fingerprint density at radius 2 is 1.61 bits per heavy atom. The lowest BCUT2D eigenvalue weighted by atomic mass is 9.70. The summed E-state index contributed by atoms with van der Waals surface area (Å²) in [6, 6.07) is -4.06. The molecule has 1 aliphatic heterocycles. The Balaban J connectivity index is 1.88. The Morgan fingerprint density at radius 3 is 2.18 bits per heavy atom. The van der Waals surface area contributed by atoms with Crippen LogP contribution in [0, 0.1) is 28.1 Å². The molecule has 0 aromatic rings. The van der Waals surface area contributed by atoms with Crippen molar-refractivity contribution in [2.75, 3.05) is 19.7 Å². The lowest BCUT2D eigenvalue weighted by Gasteiger charge is -2.43. The molecule has 2 aliphatic carbocycles. The molecule has 13 nitrogen and oxygen atoms in total. The first-order chi connectivity index (χ1) is 23.8. The molecule has 51 heavy (non-hydrogen) atoms. The maximum atomic E-state index is 14.8. The number of alkyl carbamates (subject to hydrolysis) is 1. The maximum absolute atomic E-state index is 14.8. The summed E-state index contributed by atoms with van der Waals surface area (Å²) >= 11 is 0. The first-order valence-corrected chi connectivity index (χ1v) is 18.8. The number of fused-ring (bicyclic) bond motifs is 1. The van der Waals surface area contributed by atoms with E-state index < -0.39 is 64.7 Å². The third kappa shape index (κ3) is 10.5. The van der Waals surface area contributed by atoms with Crippen LogP contribution in [-0.2, 0) is 23.9 Å². The van der Waals surface area contributed by atoms with Crippen LogP contribution in [0.15, 0.2) is 12.7 Å². The molecule has 13 heteroatoms. The average molecular weight is 717 g/mol. The number of ketones is 1. The molecule has 0 spiro atoms. The molecule has 1 heterocycles. The van der Waals surface area contributed by atoms with Gasteiger partial charge < -0.3 is 36.2 Å². The Hall–Kier alpha value is -3.64. The fourth-order valence-corrected chi connectivity index (χ4v) is 7.78. The van der Waals surface area contributed by atoms with Gasteiger partial charge in [-0.1, -0.05) is 86.6 Å². The van der Waals surface area contributed by atoms with E-state index in [9.17, 15) is 28.8 Å². The van der Waals surface area contributed by atoms with Crippen LogP contribution in [0.3, 0.4) is 0 Å². The van der Waals surface area contributed by atoms with Gasteiger partial charge in [0.1, 0.15) is 18.7 Å². The maximum Gasteiger partial charge on any atom is 0.407 e. The van der Waals surface area contributed by atoms with E-state index in [-0.39, 0.29) is 42.4 Å². The molecule has 0 aromatic heterocycles. The third-order valence-corrected chi connectivity index (χ3v) is 11.2. The molecule has 3 rings (SSSR count). The minimum Gasteiger partial charge on any atom is -0.447 e. The van der Waals surface area contributed by atoms with Crippen molar-refractivity contribution in [1.82, 2.24) is 31.5 Å². The lowest BCUT2D eigenvalue weighted by molar-refractivity contribution is -0.146. The van der Waals surface area contributed by atoms with Gasteiger partial charge in [-0.15, -0.1) is 6.58 Å². The summed E-state index contributed by atoms with van der Waals surface area (Å²) in [5.74, 6) is -2.38. The van der Waals surface area contributed by atoms with Gasteiger partial charge in [0.05, 0.1) is 12.1 Å². The summed E-state index contributed by atoms with van der Waals surface area (Å²) in [6.07, 6.45) is 6.87. The van der Waals surface area contributed by atoms with Crippen LogP contribution in [0.4, 0.5) is 9.59 Å². The number of amides is 6. The Morgan fingerprint density at radius 1 is 0.961 bits per heavy atom. The van der Waals surface area contributed by atoms with Crippen molar-refractivity contribution < 1.29 is 33.5 Å². The number of hydrogen-bond acceptors (Lipinski definition) is 7. The van der Waals surface area contributed by atoms with Crippen molar-refractivity contribution in [3.05, 3.63) is 12.7 Å². The van der Waals surface area contributed by atoms with E-state index in [1.165, 1.54) is 6.08 Å². The van der Waals surface area contributed by atoms with Gasteiger partial charge in [-0.3, -0.25) is 19.2 Å². The van der Waals surface area contributed by atoms with E-state index in [1.807, 2.05) is 48.5 Å². The van der Waals surface area contributed by atoms with E-state index in [0.29, 0.717) is 19.4 Å². The number of likely N-dealkylation sites (tertiary alicyclic amines) is 1. The highest BCUT2D eigenvalue weighted by molar-refractivity contribution is 6.38. The SMILES string of the molecule is C=CCNC(=O)C(=O)C(CCCC)NC(=O)C1[C@@H]2[C@H](CN1C(=O)C(NC(=O)NC(COC(=O)NC(C)C)C(C)(C)C)C1(C)CCCCC1)C2(C)C. The highest BCUT2D eigenvalue weighted by atomic mass is 16.5. The number of urea groups is 1. The van der Waals surface area contributed by atoms with Crippen LogP contribution in [0.25, 0.3) is 0 Å². The van der Waals surface area contributed by atoms with Crippen LogP contribution in [-0.4, -0.2) is 90.4 Å². The van der Waals surface area contributed by atoms with Gasteiger partial charge in [0, 0.05) is 19.1 Å². The average Bonchev–Trinajstić information content (AvgIpc) is 3.35. The molecule has 2 saturated carbocycles. The summed E-state index contributed by atoms with van der Waals surface area (Å²) in [5.41, 5.74) is -1.24. The minimum absolute atomic E-state index is 0.0678. The fraction of sp³-hybridized carbons (Fsp3) is 0.789. The lowest BCUT2D eigenvalue weighted by Crippen LogP contribution is -2.63. The smallest absolute Gasteiger partial charge is 0.407 e. The molecule has 0 radical (unpaired) electrons. The molecule has 6 atom stereocenters. The zero-order valence-corrected chi connectivity index (χ0v) is 32.4. The molecule has 3 aliphatic rings. The highest BCUT2D eigenvalue weighted by Crippen LogP contribution is 2.65. The van der Waals surface area contributed by atoms with E-state index in [4.69, 9.17) is 4.74 Å². The summed E-state index contributed by atoms with van der Waals surface area (Å²) in [5, 5.41) is 14.0. The molecule has 5 N–H and O–H groups in total. The standard InChI is InChI=1S/C38H64N6O7/c1-11-13-17-25(29(45)32(47)39-20-12-2)41-31(46)28-27-24(37(27,8)9)21-44(28)33(48)30(38(10)18-15-14-16-19-38)43-34(49)42-26(36(5,6)7)22-51-35(50)40-23(3)4/h12,23-28,30H,2,11,13-22H2,1,3-10H3,(H,39,47)(H,40,50)(H,41,46)(H2,42,43,49)/t24-,25?,26?,27-,28?,30?/m0/s1. The van der Waals surface area contributed by atoms with Gasteiger partial charge in [0.15, 0.2) is 0 Å². The number of nitrogens with zero attached hydrogens (tertiary/aromatic N) is 1. The Labute approximate surface area is 304 Å². The number of unbranched alkanes of at least 4 members (excludes halogenated alkanes) is 1. The topological polar surface area (TPSA) is 175 Å². The van der Waals surface area contributed by atoms with Crippen molar-refractivity contribution in [2.24, 2.45) is 28.1 Å². The van der Waals surface area contributed by atoms with E-state index in [2.05, 4.69) is 47.0 Å². The van der Waals surface area contributed by atoms with Crippen molar-refractivity contribution in [3.63, 3.8) is 0 Å². The van der Waals surface area contributed by atoms with Crippen LogP contribution < -0.4 is 26.6 Å². The number of piperidine rings is 1. The number of carbonyl (C=O) groups excluding carboxylic acids is 6. The number of ether oxygens (including phenoxy) is 1.